The maximum Gasteiger partial charge on any atom is 1.00 e. The first-order chi connectivity index (χ1) is 14.0. The fourth-order valence-electron chi connectivity index (χ4n) is 4.43. The van der Waals surface area contributed by atoms with E-state index in [0.717, 1.165) is 22.0 Å². The minimum atomic E-state index is -0.836. The molecule has 2 aromatic heterocycles. The number of benzene rings is 1. The zero-order valence-electron chi connectivity index (χ0n) is 17.0. The van der Waals surface area contributed by atoms with Crippen molar-refractivity contribution < 1.29 is 77.2 Å². The summed E-state index contributed by atoms with van der Waals surface area (Å²) in [5, 5.41) is 0.815. The second kappa shape index (κ2) is 6.98. The quantitative estimate of drug-likeness (QED) is 0.278. The summed E-state index contributed by atoms with van der Waals surface area (Å²) in [4.78, 5) is 30.5. The molecule has 0 radical (unpaired) electrons. The van der Waals surface area contributed by atoms with E-state index in [2.05, 4.69) is 6.07 Å². The van der Waals surface area contributed by atoms with Crippen LogP contribution in [0, 0.1) is 6.07 Å². The van der Waals surface area contributed by atoms with E-state index in [1.165, 1.54) is 0 Å². The van der Waals surface area contributed by atoms with Crippen molar-refractivity contribution in [2.45, 2.75) is 38.8 Å². The van der Waals surface area contributed by atoms with Gasteiger partial charge in [-0.05, 0) is 36.6 Å². The van der Waals surface area contributed by atoms with Crippen LogP contribution in [0.25, 0.3) is 22.3 Å². The third-order valence-corrected chi connectivity index (χ3v) is 6.35. The molecule has 0 saturated heterocycles. The molecule has 3 aliphatic rings. The molecule has 8 heteroatoms. The molecule has 3 aromatic rings. The van der Waals surface area contributed by atoms with Crippen LogP contribution >= 0.6 is 0 Å². The maximum absolute atomic E-state index is 13.2. The number of pyridine rings is 2. The fraction of sp³-hybridized carbons (Fsp3) is 0.318. The van der Waals surface area contributed by atoms with Crippen LogP contribution in [0.15, 0.2) is 23.0 Å². The molecule has 5 heterocycles. The van der Waals surface area contributed by atoms with Crippen molar-refractivity contribution in [3.63, 3.8) is 0 Å². The van der Waals surface area contributed by atoms with Crippen LogP contribution in [0.3, 0.4) is 0 Å². The molecule has 0 bridgehead atoms. The molecule has 0 fully saturated rings. The van der Waals surface area contributed by atoms with Gasteiger partial charge >= 0.3 is 64.2 Å². The summed E-state index contributed by atoms with van der Waals surface area (Å²) < 4.78 is 17.9. The predicted octanol–water partition coefficient (Wildman–Crippen LogP) is -0.317. The molecule has 30 heavy (non-hydrogen) atoms. The van der Waals surface area contributed by atoms with E-state index in [9.17, 15) is 9.59 Å². The van der Waals surface area contributed by atoms with Crippen LogP contribution in [-0.2, 0) is 28.1 Å². The molecule has 0 saturated carbocycles. The van der Waals surface area contributed by atoms with Gasteiger partial charge in [0.2, 0.25) is 6.79 Å². The Morgan fingerprint density at radius 2 is 1.93 bits per heavy atom. The topological polar surface area (TPSA) is 79.7 Å². The van der Waals surface area contributed by atoms with Crippen LogP contribution in [0.2, 0.25) is 0 Å². The predicted molar refractivity (Wildman–Crippen MR) is 103 cm³/mol. The van der Waals surface area contributed by atoms with E-state index in [1.807, 2.05) is 32.0 Å². The number of hydrogen-bond acceptors (Lipinski definition) is 6. The minimum absolute atomic E-state index is 0. The van der Waals surface area contributed by atoms with Gasteiger partial charge in [0, 0.05) is 17.9 Å². The van der Waals surface area contributed by atoms with Gasteiger partial charge in [0.1, 0.15) is 18.1 Å². The van der Waals surface area contributed by atoms with E-state index in [1.54, 1.807) is 4.57 Å². The smallest absolute Gasteiger partial charge is 0.463 e. The van der Waals surface area contributed by atoms with E-state index in [4.69, 9.17) is 19.2 Å². The molecule has 0 N–H and O–H groups in total. The largest absolute Gasteiger partial charge is 1.00 e. The van der Waals surface area contributed by atoms with Gasteiger partial charge in [0.15, 0.2) is 0 Å². The third-order valence-electron chi connectivity index (χ3n) is 6.35. The Bertz CT molecular complexity index is 1320. The molecule has 0 amide bonds. The van der Waals surface area contributed by atoms with Gasteiger partial charge in [-0.25, -0.2) is 0 Å². The second-order valence-corrected chi connectivity index (χ2v) is 7.86. The summed E-state index contributed by atoms with van der Waals surface area (Å²) in [5.74, 6) is 1.04. The molecule has 6 rings (SSSR count). The van der Waals surface area contributed by atoms with Crippen molar-refractivity contribution in [2.24, 2.45) is 0 Å². The summed E-state index contributed by atoms with van der Waals surface area (Å²) in [7, 11) is 0. The number of esters is 1. The Balaban J connectivity index is 0.00000193. The first kappa shape index (κ1) is 20.4. The summed E-state index contributed by atoms with van der Waals surface area (Å²) >= 11 is 0. The van der Waals surface area contributed by atoms with Gasteiger partial charge in [0.25, 0.3) is 5.56 Å². The Labute approximate surface area is 221 Å². The Morgan fingerprint density at radius 1 is 1.17 bits per heavy atom. The second-order valence-electron chi connectivity index (χ2n) is 7.86. The van der Waals surface area contributed by atoms with Crippen molar-refractivity contribution in [1.82, 2.24) is 9.55 Å². The Morgan fingerprint density at radius 3 is 2.70 bits per heavy atom. The number of carbonyl (C=O) groups excluding carboxylic acids is 1. The molecule has 0 aliphatic carbocycles. The number of aromatic nitrogens is 2. The van der Waals surface area contributed by atoms with E-state index < -0.39 is 5.41 Å². The summed E-state index contributed by atoms with van der Waals surface area (Å²) in [6.45, 7) is 4.36. The zero-order chi connectivity index (χ0) is 19.9. The van der Waals surface area contributed by atoms with Crippen LogP contribution in [-0.4, -0.2) is 22.3 Å². The van der Waals surface area contributed by atoms with Crippen LogP contribution in [0.4, 0.5) is 0 Å². The monoisotopic (exact) mass is 474 g/mol. The van der Waals surface area contributed by atoms with Gasteiger partial charge in [-0.3, -0.25) is 9.59 Å². The molecular formula is C22H17N2O5Rb. The van der Waals surface area contributed by atoms with Crippen molar-refractivity contribution in [3.8, 4) is 22.9 Å². The van der Waals surface area contributed by atoms with E-state index >= 15 is 0 Å². The summed E-state index contributed by atoms with van der Waals surface area (Å²) in [6, 6.07) is 9.02. The Kier molecular flexibility index (Phi) is 4.74. The van der Waals surface area contributed by atoms with Gasteiger partial charge < -0.3 is 23.8 Å². The molecule has 7 nitrogen and oxygen atoms in total. The standard InChI is InChI=1S/C22H17N2O5.Rb/c1-3-22(2)14-6-16-19-12(8-24(16)20(25)13(14)9-27-21(22)26)4-11-5-17-18(29-10-28-17)7-15(11)23-19;/h5-7H,3,8-10H2,1-2H3;/q-1;+1/t22-;/m1./s1. The molecule has 0 spiro atoms. The van der Waals surface area contributed by atoms with Crippen LogP contribution < -0.4 is 73.2 Å². The zero-order valence-corrected chi connectivity index (χ0v) is 21.9. The number of cyclic esters (lactones) is 1. The molecule has 0 unspecified atom stereocenters. The first-order valence-electron chi connectivity index (χ1n) is 9.60. The summed E-state index contributed by atoms with van der Waals surface area (Å²) in [5.41, 5.74) is 3.34. The number of ether oxygens (including phenoxy) is 3. The van der Waals surface area contributed by atoms with Crippen molar-refractivity contribution in [2.75, 3.05) is 6.79 Å². The fourth-order valence-corrected chi connectivity index (χ4v) is 4.43. The number of carbonyl (C=O) groups is 1. The van der Waals surface area contributed by atoms with Gasteiger partial charge in [-0.1, -0.05) is 18.6 Å². The number of fused-ring (bicyclic) bond motifs is 6. The number of nitrogens with zero attached hydrogens (tertiary/aromatic N) is 2. The number of hydrogen-bond donors (Lipinski definition) is 0. The van der Waals surface area contributed by atoms with Crippen LogP contribution in [0.1, 0.15) is 37.0 Å². The average Bonchev–Trinajstić information content (AvgIpc) is 3.32. The van der Waals surface area contributed by atoms with Crippen molar-refractivity contribution in [3.05, 3.63) is 51.3 Å². The average molecular weight is 475 g/mol. The van der Waals surface area contributed by atoms with Crippen molar-refractivity contribution >= 4 is 16.9 Å². The summed E-state index contributed by atoms with van der Waals surface area (Å²) in [6.07, 6.45) is 0.551. The third kappa shape index (κ3) is 2.65. The number of rotatable bonds is 1. The Hall–Kier alpha value is -1.54. The van der Waals surface area contributed by atoms with E-state index in [0.29, 0.717) is 41.4 Å². The van der Waals surface area contributed by atoms with Gasteiger partial charge in [-0.2, -0.15) is 0 Å². The van der Waals surface area contributed by atoms with Gasteiger partial charge in [0.05, 0.1) is 11.0 Å². The SMILES string of the molecule is CC[C@@]1(C)C(=O)OCc2c1cc1n(c2=O)Cc2[c-]c3cc4c(cc3nc2-1)OCO4.[Rb+]. The first-order valence-corrected chi connectivity index (χ1v) is 9.60. The molecule has 1 atom stereocenters. The maximum atomic E-state index is 13.2. The van der Waals surface area contributed by atoms with E-state index in [-0.39, 0.29) is 83.1 Å². The minimum Gasteiger partial charge on any atom is -0.463 e. The molecule has 1 aromatic carbocycles. The molecular weight excluding hydrogens is 458 g/mol. The molecule has 3 aliphatic heterocycles. The van der Waals surface area contributed by atoms with Crippen LogP contribution in [0.5, 0.6) is 11.5 Å². The normalized spacial score (nSPS) is 20.3. The van der Waals surface area contributed by atoms with Gasteiger partial charge in [-0.15, -0.1) is 11.5 Å². The molecule has 146 valence electrons. The van der Waals surface area contributed by atoms with Crippen molar-refractivity contribution in [1.29, 1.82) is 0 Å².